The maximum atomic E-state index is 10.9. The Labute approximate surface area is 153 Å². The van der Waals surface area contributed by atoms with Crippen LogP contribution in [0.5, 0.6) is 0 Å². The van der Waals surface area contributed by atoms with Gasteiger partial charge in [0.2, 0.25) is 0 Å². The van der Waals surface area contributed by atoms with Crippen LogP contribution in [0.4, 0.5) is 11.4 Å². The molecule has 0 fully saturated rings. The van der Waals surface area contributed by atoms with E-state index in [-0.39, 0.29) is 26.3 Å². The van der Waals surface area contributed by atoms with Crippen LogP contribution >= 0.6 is 12.2 Å². The molecule has 13 heteroatoms. The van der Waals surface area contributed by atoms with Crippen molar-refractivity contribution in [3.05, 3.63) is 48.5 Å². The molecule has 0 atom stereocenters. The average Bonchev–Trinajstić information content (AvgIpc) is 2.57. The van der Waals surface area contributed by atoms with Crippen molar-refractivity contribution < 1.29 is 25.9 Å². The number of nitrogens with zero attached hydrogens (tertiary/aromatic N) is 4. The molecule has 0 aliphatic rings. The van der Waals surface area contributed by atoms with Gasteiger partial charge in [-0.1, -0.05) is 0 Å². The molecule has 2 aromatic rings. The van der Waals surface area contributed by atoms with Crippen LogP contribution in [-0.4, -0.2) is 31.1 Å². The van der Waals surface area contributed by atoms with E-state index in [2.05, 4.69) is 20.5 Å². The molecular formula is C13H10N4O6S3. The zero-order valence-electron chi connectivity index (χ0n) is 12.7. The van der Waals surface area contributed by atoms with Crippen LogP contribution in [0.2, 0.25) is 0 Å². The summed E-state index contributed by atoms with van der Waals surface area (Å²) >= 11 is 4.83. The smallest absolute Gasteiger partial charge is 0.282 e. The molecule has 10 nitrogen and oxygen atoms in total. The molecule has 0 aliphatic carbocycles. The Morgan fingerprint density at radius 2 is 1.00 bits per heavy atom. The molecule has 0 amide bonds. The zero-order valence-corrected chi connectivity index (χ0v) is 15.1. The van der Waals surface area contributed by atoms with Gasteiger partial charge in [0.25, 0.3) is 25.3 Å². The van der Waals surface area contributed by atoms with Gasteiger partial charge in [-0.15, -0.1) is 20.5 Å². The second kappa shape index (κ2) is 7.84. The molecule has 2 rings (SSSR count). The third-order valence-corrected chi connectivity index (χ3v) is 4.67. The van der Waals surface area contributed by atoms with Crippen molar-refractivity contribution in [2.24, 2.45) is 20.5 Å². The lowest BCUT2D eigenvalue weighted by Crippen LogP contribution is -1.96. The predicted molar refractivity (Wildman–Crippen MR) is 94.1 cm³/mol. The second-order valence-corrected chi connectivity index (χ2v) is 7.83. The van der Waals surface area contributed by atoms with Crippen molar-refractivity contribution in [2.75, 3.05) is 0 Å². The first-order valence-corrected chi connectivity index (χ1v) is 9.87. The number of hydrogen-bond acceptors (Lipinski definition) is 7. The summed E-state index contributed by atoms with van der Waals surface area (Å²) in [4.78, 5) is -0.570. The minimum Gasteiger partial charge on any atom is -0.282 e. The molecule has 0 spiro atoms. The van der Waals surface area contributed by atoms with Gasteiger partial charge in [0.05, 0.1) is 21.2 Å². The summed E-state index contributed by atoms with van der Waals surface area (Å²) in [5.41, 5.74) is 0.542. The molecule has 0 saturated carbocycles. The highest BCUT2D eigenvalue weighted by atomic mass is 32.2. The topological polar surface area (TPSA) is 158 Å². The first kappa shape index (κ1) is 19.9. The van der Waals surface area contributed by atoms with E-state index in [0.29, 0.717) is 0 Å². The van der Waals surface area contributed by atoms with Gasteiger partial charge in [-0.3, -0.25) is 9.11 Å². The quantitative estimate of drug-likeness (QED) is 0.441. The van der Waals surface area contributed by atoms with Crippen LogP contribution in [-0.2, 0) is 20.2 Å². The number of azo groups is 2. The Morgan fingerprint density at radius 3 is 1.27 bits per heavy atom. The second-order valence-electron chi connectivity index (χ2n) is 4.62. The van der Waals surface area contributed by atoms with Crippen LogP contribution in [0.15, 0.2) is 78.8 Å². The summed E-state index contributed by atoms with van der Waals surface area (Å²) in [6.07, 6.45) is 0. The Bertz CT molecular complexity index is 988. The third-order valence-electron chi connectivity index (χ3n) is 2.77. The first-order valence-electron chi connectivity index (χ1n) is 6.58. The third kappa shape index (κ3) is 5.82. The van der Waals surface area contributed by atoms with E-state index in [1.165, 1.54) is 24.3 Å². The monoisotopic (exact) mass is 414 g/mol. The molecule has 0 radical (unpaired) electrons. The summed E-state index contributed by atoms with van der Waals surface area (Å²) < 4.78 is 61.4. The van der Waals surface area contributed by atoms with E-state index in [0.717, 1.165) is 24.3 Å². The van der Waals surface area contributed by atoms with Gasteiger partial charge in [0.15, 0.2) is 0 Å². The van der Waals surface area contributed by atoms with Gasteiger partial charge in [-0.25, -0.2) is 0 Å². The predicted octanol–water partition coefficient (Wildman–Crippen LogP) is 3.33. The van der Waals surface area contributed by atoms with Gasteiger partial charge >= 0.3 is 0 Å². The molecule has 2 N–H and O–H groups in total. The SMILES string of the molecule is O=S(=O)(O)c1ccc(N=NC(=S)N=Nc2ccc(S(=O)(=O)O)cc2)cc1. The average molecular weight is 414 g/mol. The largest absolute Gasteiger partial charge is 0.294 e. The lowest BCUT2D eigenvalue weighted by molar-refractivity contribution is 0.481. The highest BCUT2D eigenvalue weighted by Gasteiger charge is 2.09. The van der Waals surface area contributed by atoms with Crippen molar-refractivity contribution in [1.82, 2.24) is 0 Å². The van der Waals surface area contributed by atoms with Gasteiger partial charge in [-0.05, 0) is 60.7 Å². The molecule has 0 saturated heterocycles. The molecule has 0 unspecified atom stereocenters. The van der Waals surface area contributed by atoms with Crippen molar-refractivity contribution in [3.8, 4) is 0 Å². The minimum absolute atomic E-state index is 0.234. The Balaban J connectivity index is 2.03. The Hall–Kier alpha value is -2.45. The summed E-state index contributed by atoms with van der Waals surface area (Å²) in [5, 5.41) is 14.4. The number of rotatable bonds is 4. The van der Waals surface area contributed by atoms with E-state index in [4.69, 9.17) is 21.3 Å². The fraction of sp³-hybridized carbons (Fsp3) is 0. The standard InChI is InChI=1S/C13H10N4O6S3/c18-25(19,20)11-5-1-9(2-6-11)14-16-13(24)17-15-10-3-7-12(8-4-10)26(21,22)23/h1-8H,(H,18,19,20)(H,21,22,23). The van der Waals surface area contributed by atoms with Crippen LogP contribution in [0, 0.1) is 0 Å². The molecule has 136 valence electrons. The fourth-order valence-corrected chi connectivity index (χ4v) is 2.63. The van der Waals surface area contributed by atoms with Gasteiger partial charge in [0, 0.05) is 0 Å². The van der Waals surface area contributed by atoms with E-state index in [1.807, 2.05) is 0 Å². The van der Waals surface area contributed by atoms with Crippen molar-refractivity contribution >= 4 is 48.9 Å². The maximum Gasteiger partial charge on any atom is 0.294 e. The van der Waals surface area contributed by atoms with E-state index in [1.54, 1.807) is 0 Å². The van der Waals surface area contributed by atoms with Crippen LogP contribution in [0.1, 0.15) is 0 Å². The van der Waals surface area contributed by atoms with Gasteiger partial charge in [-0.2, -0.15) is 16.8 Å². The first-order chi connectivity index (χ1) is 12.1. The summed E-state index contributed by atoms with van der Waals surface area (Å²) in [5.74, 6) is 0. The maximum absolute atomic E-state index is 10.9. The molecule has 0 aliphatic heterocycles. The minimum atomic E-state index is -4.29. The number of hydrogen-bond donors (Lipinski definition) is 2. The Morgan fingerprint density at radius 1 is 0.692 bits per heavy atom. The van der Waals surface area contributed by atoms with Crippen molar-refractivity contribution in [1.29, 1.82) is 0 Å². The summed E-state index contributed by atoms with van der Waals surface area (Å²) in [6, 6.07) is 9.80. The van der Waals surface area contributed by atoms with E-state index < -0.39 is 20.2 Å². The molecular weight excluding hydrogens is 404 g/mol. The molecule has 0 heterocycles. The lowest BCUT2D eigenvalue weighted by atomic mass is 10.3. The fourth-order valence-electron chi connectivity index (χ4n) is 1.59. The molecule has 26 heavy (non-hydrogen) atoms. The zero-order chi connectivity index (χ0) is 19.4. The lowest BCUT2D eigenvalue weighted by Gasteiger charge is -1.97. The van der Waals surface area contributed by atoms with E-state index in [9.17, 15) is 16.8 Å². The van der Waals surface area contributed by atoms with Gasteiger partial charge in [0.1, 0.15) is 0 Å². The highest BCUT2D eigenvalue weighted by molar-refractivity contribution is 7.86. The highest BCUT2D eigenvalue weighted by Crippen LogP contribution is 2.18. The van der Waals surface area contributed by atoms with Gasteiger partial charge < -0.3 is 0 Å². The normalized spacial score (nSPS) is 12.7. The molecule has 0 aromatic heterocycles. The molecule has 2 aromatic carbocycles. The summed E-state index contributed by atoms with van der Waals surface area (Å²) in [6.45, 7) is 0. The van der Waals surface area contributed by atoms with Crippen molar-refractivity contribution in [3.63, 3.8) is 0 Å². The summed E-state index contributed by atoms with van der Waals surface area (Å²) in [7, 11) is -8.57. The van der Waals surface area contributed by atoms with Crippen LogP contribution in [0.25, 0.3) is 0 Å². The Kier molecular flexibility index (Phi) is 5.99. The van der Waals surface area contributed by atoms with Crippen molar-refractivity contribution in [2.45, 2.75) is 9.79 Å². The number of thiocarbonyl (C=S) groups is 1. The van der Waals surface area contributed by atoms with Crippen LogP contribution < -0.4 is 0 Å². The number of benzene rings is 2. The van der Waals surface area contributed by atoms with Crippen LogP contribution in [0.3, 0.4) is 0 Å². The molecule has 0 bridgehead atoms. The van der Waals surface area contributed by atoms with E-state index >= 15 is 0 Å².